The number of hydrogen-bond acceptors (Lipinski definition) is 3. The molecule has 0 unspecified atom stereocenters. The first kappa shape index (κ1) is 16.0. The second-order valence-corrected chi connectivity index (χ2v) is 6.16. The Morgan fingerprint density at radius 2 is 1.81 bits per heavy atom. The fourth-order valence-corrected chi connectivity index (χ4v) is 3.13. The highest BCUT2D eigenvalue weighted by Gasteiger charge is 2.38. The number of benzene rings is 1. The van der Waals surface area contributed by atoms with Crippen LogP contribution in [0.4, 0.5) is 0 Å². The van der Waals surface area contributed by atoms with Crippen LogP contribution in [0.15, 0.2) is 12.1 Å². The summed E-state index contributed by atoms with van der Waals surface area (Å²) < 4.78 is 5.36. The number of carbonyl (C=O) groups excluding carboxylic acids is 1. The topological polar surface area (TPSA) is 64.4 Å². The minimum atomic E-state index is -0.454. The zero-order valence-corrected chi connectivity index (χ0v) is 13.3. The van der Waals surface area contributed by atoms with Gasteiger partial charge >= 0.3 is 0 Å². The summed E-state index contributed by atoms with van der Waals surface area (Å²) >= 11 is 0. The van der Waals surface area contributed by atoms with Crippen LogP contribution in [-0.4, -0.2) is 25.7 Å². The molecular weight excluding hydrogens is 264 g/mol. The molecule has 3 N–H and O–H groups in total. The normalized spacial score (nSPS) is 17.5. The van der Waals surface area contributed by atoms with E-state index in [1.165, 1.54) is 22.3 Å². The van der Waals surface area contributed by atoms with Gasteiger partial charge in [-0.3, -0.25) is 4.79 Å². The lowest BCUT2D eigenvalue weighted by Crippen LogP contribution is -2.49. The molecule has 1 aromatic rings. The number of ether oxygens (including phenoxy) is 1. The number of aryl methyl sites for hydroxylation is 3. The minimum absolute atomic E-state index is 0.0627. The van der Waals surface area contributed by atoms with Gasteiger partial charge in [-0.15, -0.1) is 0 Å². The average molecular weight is 290 g/mol. The van der Waals surface area contributed by atoms with Crippen LogP contribution >= 0.6 is 0 Å². The zero-order chi connectivity index (χ0) is 15.5. The first-order chi connectivity index (χ1) is 9.98. The van der Waals surface area contributed by atoms with Gasteiger partial charge in [0.25, 0.3) is 0 Å². The molecule has 1 fully saturated rings. The Labute approximate surface area is 127 Å². The van der Waals surface area contributed by atoms with E-state index >= 15 is 0 Å². The molecule has 1 aromatic carbocycles. The van der Waals surface area contributed by atoms with Crippen LogP contribution in [-0.2, 0) is 16.1 Å². The predicted molar refractivity (Wildman–Crippen MR) is 84.0 cm³/mol. The molecule has 1 saturated heterocycles. The molecule has 0 atom stereocenters. The van der Waals surface area contributed by atoms with Crippen molar-refractivity contribution >= 4 is 5.91 Å². The molecule has 2 rings (SSSR count). The molecule has 1 heterocycles. The Kier molecular flexibility index (Phi) is 5.01. The lowest BCUT2D eigenvalue weighted by Gasteiger charge is -2.34. The Morgan fingerprint density at radius 3 is 2.33 bits per heavy atom. The largest absolute Gasteiger partial charge is 0.381 e. The highest BCUT2D eigenvalue weighted by atomic mass is 16.5. The maximum absolute atomic E-state index is 12.6. The van der Waals surface area contributed by atoms with Gasteiger partial charge in [-0.2, -0.15) is 0 Å². The van der Waals surface area contributed by atoms with Crippen molar-refractivity contribution in [2.24, 2.45) is 11.1 Å². The number of amides is 1. The molecular formula is C17H26N2O2. The lowest BCUT2D eigenvalue weighted by atomic mass is 9.79. The van der Waals surface area contributed by atoms with Crippen molar-refractivity contribution in [3.8, 4) is 0 Å². The molecule has 1 aliphatic heterocycles. The molecule has 0 bridgehead atoms. The van der Waals surface area contributed by atoms with Gasteiger partial charge in [0, 0.05) is 26.3 Å². The van der Waals surface area contributed by atoms with E-state index in [1.54, 1.807) is 0 Å². The fourth-order valence-electron chi connectivity index (χ4n) is 3.13. The summed E-state index contributed by atoms with van der Waals surface area (Å²) in [6.07, 6.45) is 1.42. The van der Waals surface area contributed by atoms with Crippen molar-refractivity contribution < 1.29 is 9.53 Å². The summed E-state index contributed by atoms with van der Waals surface area (Å²) in [5.41, 5.74) is 10.3. The summed E-state index contributed by atoms with van der Waals surface area (Å²) in [6.45, 7) is 8.46. The van der Waals surface area contributed by atoms with Gasteiger partial charge < -0.3 is 15.8 Å². The van der Waals surface area contributed by atoms with Crippen LogP contribution in [0, 0.1) is 26.2 Å². The van der Waals surface area contributed by atoms with Gasteiger partial charge in [0.05, 0.1) is 5.41 Å². The Balaban J connectivity index is 2.07. The third-order valence-electron chi connectivity index (χ3n) is 4.59. The van der Waals surface area contributed by atoms with E-state index in [4.69, 9.17) is 10.5 Å². The molecule has 21 heavy (non-hydrogen) atoms. The standard InChI is InChI=1S/C17H26N2O2/c1-12-8-13(2)15(14(3)9-12)10-19-16(20)17(11-18)4-6-21-7-5-17/h8-9H,4-7,10-11,18H2,1-3H3,(H,19,20). The Hall–Kier alpha value is -1.39. The quantitative estimate of drug-likeness (QED) is 0.891. The molecule has 1 amide bonds. The summed E-state index contributed by atoms with van der Waals surface area (Å²) in [5.74, 6) is 0.0627. The van der Waals surface area contributed by atoms with Gasteiger partial charge in [-0.1, -0.05) is 17.7 Å². The van der Waals surface area contributed by atoms with Crippen molar-refractivity contribution in [2.75, 3.05) is 19.8 Å². The van der Waals surface area contributed by atoms with Gasteiger partial charge in [-0.05, 0) is 50.3 Å². The van der Waals surface area contributed by atoms with E-state index in [2.05, 4.69) is 38.2 Å². The van der Waals surface area contributed by atoms with E-state index in [0.717, 1.165) is 0 Å². The molecule has 0 aliphatic carbocycles. The van der Waals surface area contributed by atoms with Gasteiger partial charge in [0.2, 0.25) is 5.91 Å². The van der Waals surface area contributed by atoms with Crippen LogP contribution in [0.2, 0.25) is 0 Å². The third kappa shape index (κ3) is 3.44. The number of rotatable bonds is 4. The number of nitrogens with one attached hydrogen (secondary N) is 1. The Morgan fingerprint density at radius 1 is 1.24 bits per heavy atom. The highest BCUT2D eigenvalue weighted by Crippen LogP contribution is 2.29. The van der Waals surface area contributed by atoms with Crippen molar-refractivity contribution in [1.82, 2.24) is 5.32 Å². The summed E-state index contributed by atoms with van der Waals surface area (Å²) in [5, 5.41) is 3.09. The molecule has 116 valence electrons. The van der Waals surface area contributed by atoms with E-state index in [9.17, 15) is 4.79 Å². The van der Waals surface area contributed by atoms with Crippen LogP contribution < -0.4 is 11.1 Å². The molecule has 0 radical (unpaired) electrons. The number of nitrogens with two attached hydrogens (primary N) is 1. The molecule has 4 heteroatoms. The van der Waals surface area contributed by atoms with Crippen molar-refractivity contribution in [3.63, 3.8) is 0 Å². The average Bonchev–Trinajstić information content (AvgIpc) is 2.46. The predicted octanol–water partition coefficient (Wildman–Crippen LogP) is 1.98. The van der Waals surface area contributed by atoms with Crippen molar-refractivity contribution in [3.05, 3.63) is 34.4 Å². The molecule has 0 aromatic heterocycles. The third-order valence-corrected chi connectivity index (χ3v) is 4.59. The SMILES string of the molecule is Cc1cc(C)c(CNC(=O)C2(CN)CCOCC2)c(C)c1. The van der Waals surface area contributed by atoms with Crippen LogP contribution in [0.25, 0.3) is 0 Å². The van der Waals surface area contributed by atoms with Crippen LogP contribution in [0.5, 0.6) is 0 Å². The molecule has 1 aliphatic rings. The fraction of sp³-hybridized carbons (Fsp3) is 0.588. The van der Waals surface area contributed by atoms with Gasteiger partial charge in [-0.25, -0.2) is 0 Å². The molecule has 4 nitrogen and oxygen atoms in total. The molecule has 0 saturated carbocycles. The number of hydrogen-bond donors (Lipinski definition) is 2. The minimum Gasteiger partial charge on any atom is -0.381 e. The first-order valence-electron chi connectivity index (χ1n) is 7.61. The Bertz CT molecular complexity index is 497. The van der Waals surface area contributed by atoms with Gasteiger partial charge in [0.1, 0.15) is 0 Å². The summed E-state index contributed by atoms with van der Waals surface area (Å²) in [4.78, 5) is 12.6. The van der Waals surface area contributed by atoms with E-state index in [-0.39, 0.29) is 5.91 Å². The first-order valence-corrected chi connectivity index (χ1v) is 7.61. The highest BCUT2D eigenvalue weighted by molar-refractivity contribution is 5.83. The lowest BCUT2D eigenvalue weighted by molar-refractivity contribution is -0.136. The van der Waals surface area contributed by atoms with E-state index in [1.807, 2.05) is 0 Å². The second-order valence-electron chi connectivity index (χ2n) is 6.16. The smallest absolute Gasteiger partial charge is 0.227 e. The van der Waals surface area contributed by atoms with E-state index in [0.29, 0.717) is 39.1 Å². The van der Waals surface area contributed by atoms with Crippen molar-refractivity contribution in [2.45, 2.75) is 40.2 Å². The summed E-state index contributed by atoms with van der Waals surface area (Å²) in [7, 11) is 0. The van der Waals surface area contributed by atoms with E-state index < -0.39 is 5.41 Å². The summed E-state index contributed by atoms with van der Waals surface area (Å²) in [6, 6.07) is 4.31. The van der Waals surface area contributed by atoms with Crippen LogP contribution in [0.1, 0.15) is 35.1 Å². The number of carbonyl (C=O) groups is 1. The van der Waals surface area contributed by atoms with Crippen molar-refractivity contribution in [1.29, 1.82) is 0 Å². The maximum atomic E-state index is 12.6. The zero-order valence-electron chi connectivity index (χ0n) is 13.3. The monoisotopic (exact) mass is 290 g/mol. The molecule has 0 spiro atoms. The van der Waals surface area contributed by atoms with Crippen LogP contribution in [0.3, 0.4) is 0 Å². The second kappa shape index (κ2) is 6.58. The van der Waals surface area contributed by atoms with Gasteiger partial charge in [0.15, 0.2) is 0 Å². The maximum Gasteiger partial charge on any atom is 0.227 e.